The number of rotatable bonds is 5. The van der Waals surface area contributed by atoms with E-state index in [1.807, 2.05) is 29.9 Å². The van der Waals surface area contributed by atoms with Gasteiger partial charge < -0.3 is 33.2 Å². The summed E-state index contributed by atoms with van der Waals surface area (Å²) in [6, 6.07) is 3.93. The number of anilines is 1. The highest BCUT2D eigenvalue weighted by Crippen LogP contribution is 2.26. The number of benzene rings is 1. The molecule has 168 valence electrons. The lowest BCUT2D eigenvalue weighted by Gasteiger charge is -2.21. The van der Waals surface area contributed by atoms with E-state index >= 15 is 0 Å². The molecule has 0 unspecified atom stereocenters. The van der Waals surface area contributed by atoms with Crippen molar-refractivity contribution in [1.82, 2.24) is 20.4 Å². The molecule has 1 aromatic heterocycles. The fourth-order valence-electron chi connectivity index (χ4n) is 3.46. The molecule has 0 aliphatic carbocycles. The topological polar surface area (TPSA) is 161 Å². The average molecular weight is 428 g/mol. The molecule has 0 spiro atoms. The van der Waals surface area contributed by atoms with E-state index in [0.29, 0.717) is 0 Å². The van der Waals surface area contributed by atoms with Crippen LogP contribution in [0, 0.1) is 6.92 Å². The number of amides is 1. The van der Waals surface area contributed by atoms with E-state index in [-0.39, 0.29) is 29.1 Å². The van der Waals surface area contributed by atoms with Gasteiger partial charge in [0.2, 0.25) is 0 Å². The van der Waals surface area contributed by atoms with E-state index in [9.17, 15) is 4.79 Å². The van der Waals surface area contributed by atoms with Crippen LogP contribution in [0.3, 0.4) is 0 Å². The molecule has 9 N–H and O–H groups in total. The number of piperidine rings is 1. The molecule has 1 atom stereocenters. The minimum Gasteiger partial charge on any atom is -0.391 e. The van der Waals surface area contributed by atoms with E-state index in [0.717, 1.165) is 48.1 Å². The summed E-state index contributed by atoms with van der Waals surface area (Å²) in [5, 5.41) is 15.0. The molecule has 1 aliphatic rings. The maximum absolute atomic E-state index is 11.8. The van der Waals surface area contributed by atoms with E-state index in [1.54, 1.807) is 0 Å². The molecule has 1 saturated heterocycles. The Morgan fingerprint density at radius 2 is 2.03 bits per heavy atom. The van der Waals surface area contributed by atoms with Crippen LogP contribution in [0.15, 0.2) is 34.8 Å². The Morgan fingerprint density at radius 1 is 1.29 bits per heavy atom. The van der Waals surface area contributed by atoms with Crippen LogP contribution in [0.4, 0.5) is 5.69 Å². The summed E-state index contributed by atoms with van der Waals surface area (Å²) in [7, 11) is 0. The first-order valence-corrected chi connectivity index (χ1v) is 10.4. The van der Waals surface area contributed by atoms with Gasteiger partial charge in [-0.05, 0) is 64.8 Å². The third kappa shape index (κ3) is 5.46. The van der Waals surface area contributed by atoms with Crippen molar-refractivity contribution in [2.45, 2.75) is 52.1 Å². The van der Waals surface area contributed by atoms with Crippen molar-refractivity contribution in [2.24, 2.45) is 22.2 Å². The maximum Gasteiger partial charge on any atom is 0.268 e. The largest absolute Gasteiger partial charge is 0.391 e. The zero-order valence-corrected chi connectivity index (χ0v) is 18.6. The van der Waals surface area contributed by atoms with Crippen molar-refractivity contribution < 1.29 is 4.79 Å². The zero-order valence-electron chi connectivity index (χ0n) is 18.6. The van der Waals surface area contributed by atoms with Gasteiger partial charge in [0.25, 0.3) is 5.91 Å². The number of nitrogens with one attached hydrogen (secondary N) is 3. The second-order valence-corrected chi connectivity index (χ2v) is 8.89. The molecule has 0 radical (unpaired) electrons. The monoisotopic (exact) mass is 427 g/mol. The number of aryl methyl sites for hydroxylation is 1. The van der Waals surface area contributed by atoms with Gasteiger partial charge in [0, 0.05) is 23.8 Å². The van der Waals surface area contributed by atoms with Gasteiger partial charge in [-0.3, -0.25) is 9.48 Å². The van der Waals surface area contributed by atoms with Gasteiger partial charge in [-0.15, -0.1) is 0 Å². The molecule has 2 aromatic rings. The van der Waals surface area contributed by atoms with Crippen molar-refractivity contribution in [3.05, 3.63) is 35.4 Å². The number of hydrogen-bond acceptors (Lipinski definition) is 6. The normalized spacial score (nSPS) is 18.6. The summed E-state index contributed by atoms with van der Waals surface area (Å²) in [4.78, 5) is 16.2. The predicted octanol–water partition coefficient (Wildman–Crippen LogP) is 0.781. The van der Waals surface area contributed by atoms with Gasteiger partial charge in [0.05, 0.1) is 17.1 Å². The maximum atomic E-state index is 11.8. The van der Waals surface area contributed by atoms with Crippen molar-refractivity contribution in [2.75, 3.05) is 18.4 Å². The minimum absolute atomic E-state index is 0.0686. The quantitative estimate of drug-likeness (QED) is 0.233. The van der Waals surface area contributed by atoms with Crippen LogP contribution in [-0.2, 0) is 10.3 Å². The summed E-state index contributed by atoms with van der Waals surface area (Å²) in [5.41, 5.74) is 19.8. The highest BCUT2D eigenvalue weighted by Gasteiger charge is 2.18. The predicted molar refractivity (Wildman–Crippen MR) is 124 cm³/mol. The molecule has 0 bridgehead atoms. The van der Waals surface area contributed by atoms with E-state index in [1.165, 1.54) is 0 Å². The van der Waals surface area contributed by atoms with Crippen molar-refractivity contribution >= 4 is 28.5 Å². The lowest BCUT2D eigenvalue weighted by Crippen LogP contribution is -2.41. The second-order valence-electron chi connectivity index (χ2n) is 8.89. The summed E-state index contributed by atoms with van der Waals surface area (Å²) < 4.78 is 1.93. The van der Waals surface area contributed by atoms with Crippen molar-refractivity contribution in [1.29, 1.82) is 0 Å². The summed E-state index contributed by atoms with van der Waals surface area (Å²) in [6.45, 7) is 10.00. The molecule has 10 nitrogen and oxygen atoms in total. The van der Waals surface area contributed by atoms with Crippen LogP contribution in [0.5, 0.6) is 0 Å². The van der Waals surface area contributed by atoms with Crippen LogP contribution in [0.2, 0.25) is 0 Å². The Hall–Kier alpha value is -3.27. The second kappa shape index (κ2) is 8.84. The number of primary amides is 1. The molecule has 1 aromatic carbocycles. The molecular weight excluding hydrogens is 394 g/mol. The number of carbonyl (C=O) groups excluding carboxylic acids is 1. The molecule has 1 aliphatic heterocycles. The lowest BCUT2D eigenvalue weighted by atomic mass is 10.1. The standard InChI is InChI=1S/C21H33N9O/c1-12-8-15(9-13-11-30(21(2,3)4)29-17(12)13)26-19(16(22)18(23)31)28-20(24)27-14-6-5-7-25-10-14/h8-9,11,14,25-26H,5-7,10,22H2,1-4H3,(H2,23,31)(H3,24,27,28)/b19-16-/t14-/m0/s1. The number of hydrogen-bond donors (Lipinski definition) is 6. The SMILES string of the molecule is Cc1cc(N/C(NC(N)=N[C@H]2CCCNC2)=C(/N)C(N)=O)cc2cn(C(C)(C)C)nc12. The number of carbonyl (C=O) groups is 1. The van der Waals surface area contributed by atoms with Gasteiger partial charge in [-0.2, -0.15) is 5.10 Å². The van der Waals surface area contributed by atoms with Crippen LogP contribution >= 0.6 is 0 Å². The molecule has 31 heavy (non-hydrogen) atoms. The Balaban J connectivity index is 1.89. The first kappa shape index (κ1) is 22.4. The number of aliphatic imine (C=N–C) groups is 1. The Morgan fingerprint density at radius 3 is 2.65 bits per heavy atom. The van der Waals surface area contributed by atoms with Crippen LogP contribution in [0.1, 0.15) is 39.2 Å². The van der Waals surface area contributed by atoms with Crippen molar-refractivity contribution in [3.8, 4) is 0 Å². The first-order valence-electron chi connectivity index (χ1n) is 10.4. The minimum atomic E-state index is -0.763. The summed E-state index contributed by atoms with van der Waals surface area (Å²) in [5.74, 6) is -0.404. The summed E-state index contributed by atoms with van der Waals surface area (Å²) in [6.07, 6.45) is 3.97. The third-order valence-electron chi connectivity index (χ3n) is 5.14. The number of aromatic nitrogens is 2. The highest BCUT2D eigenvalue weighted by molar-refractivity contribution is 5.94. The molecule has 0 saturated carbocycles. The van der Waals surface area contributed by atoms with Crippen LogP contribution < -0.4 is 33.2 Å². The average Bonchev–Trinajstić information content (AvgIpc) is 3.13. The number of guanidine groups is 1. The van der Waals surface area contributed by atoms with Crippen LogP contribution in [-0.4, -0.2) is 40.8 Å². The molecule has 10 heteroatoms. The summed E-state index contributed by atoms with van der Waals surface area (Å²) >= 11 is 0. The van der Waals surface area contributed by atoms with Crippen LogP contribution in [0.25, 0.3) is 10.9 Å². The van der Waals surface area contributed by atoms with Gasteiger partial charge in [0.15, 0.2) is 5.96 Å². The van der Waals surface area contributed by atoms with E-state index < -0.39 is 5.91 Å². The smallest absolute Gasteiger partial charge is 0.268 e. The van der Waals surface area contributed by atoms with Gasteiger partial charge in [-0.25, -0.2) is 4.99 Å². The third-order valence-corrected chi connectivity index (χ3v) is 5.14. The van der Waals surface area contributed by atoms with E-state index in [2.05, 4.69) is 41.7 Å². The zero-order chi connectivity index (χ0) is 22.8. The van der Waals surface area contributed by atoms with Gasteiger partial charge in [0.1, 0.15) is 11.5 Å². The van der Waals surface area contributed by atoms with Gasteiger partial charge >= 0.3 is 0 Å². The number of fused-ring (bicyclic) bond motifs is 1. The van der Waals surface area contributed by atoms with Gasteiger partial charge in [-0.1, -0.05) is 0 Å². The van der Waals surface area contributed by atoms with Crippen molar-refractivity contribution in [3.63, 3.8) is 0 Å². The highest BCUT2D eigenvalue weighted by atomic mass is 16.1. The molecule has 1 amide bonds. The number of nitrogens with two attached hydrogens (primary N) is 3. The fraction of sp³-hybridized carbons (Fsp3) is 0.476. The first-order chi connectivity index (χ1) is 14.5. The molecule has 3 rings (SSSR count). The fourth-order valence-corrected chi connectivity index (χ4v) is 3.46. The molecular formula is C21H33N9O. The number of nitrogens with zero attached hydrogens (tertiary/aromatic N) is 3. The Kier molecular flexibility index (Phi) is 6.40. The molecule has 2 heterocycles. The lowest BCUT2D eigenvalue weighted by molar-refractivity contribution is -0.114. The van der Waals surface area contributed by atoms with E-state index in [4.69, 9.17) is 22.3 Å². The Labute approximate surface area is 182 Å². The Bertz CT molecular complexity index is 1020. The molecule has 1 fully saturated rings.